The summed E-state index contributed by atoms with van der Waals surface area (Å²) in [6, 6.07) is 1.65. The van der Waals surface area contributed by atoms with Crippen LogP contribution in [-0.4, -0.2) is 43.4 Å². The average Bonchev–Trinajstić information content (AvgIpc) is 2.33. The zero-order chi connectivity index (χ0) is 13.4. The van der Waals surface area contributed by atoms with Crippen LogP contribution in [0.2, 0.25) is 0 Å². The molecule has 1 aromatic rings. The molecular formula is C11H17N3O4. The fourth-order valence-electron chi connectivity index (χ4n) is 1.33. The smallest absolute Gasteiger partial charge is 0.290 e. The average molecular weight is 255 g/mol. The largest absolute Gasteiger partial charge is 0.382 e. The molecule has 0 aliphatic rings. The predicted octanol–water partition coefficient (Wildman–Crippen LogP) is 1.37. The summed E-state index contributed by atoms with van der Waals surface area (Å²) in [5.41, 5.74) is 0.606. The molecule has 0 amide bonds. The van der Waals surface area contributed by atoms with Crippen LogP contribution in [0.3, 0.4) is 0 Å². The van der Waals surface area contributed by atoms with Gasteiger partial charge in [-0.25, -0.2) is 4.98 Å². The van der Waals surface area contributed by atoms with E-state index in [1.807, 2.05) is 0 Å². The minimum atomic E-state index is -0.444. The maximum absolute atomic E-state index is 10.6. The lowest BCUT2D eigenvalue weighted by molar-refractivity contribution is -0.385. The highest BCUT2D eigenvalue weighted by Gasteiger charge is 2.10. The second-order valence-corrected chi connectivity index (χ2v) is 3.65. The summed E-state index contributed by atoms with van der Waals surface area (Å²) >= 11 is 0. The Labute approximate surface area is 105 Å². The van der Waals surface area contributed by atoms with Gasteiger partial charge in [0.25, 0.3) is 5.69 Å². The first-order chi connectivity index (χ1) is 8.65. The van der Waals surface area contributed by atoms with Crippen molar-refractivity contribution in [1.29, 1.82) is 0 Å². The molecule has 7 heteroatoms. The van der Waals surface area contributed by atoms with Crippen LogP contribution in [0.15, 0.2) is 12.3 Å². The first kappa shape index (κ1) is 14.3. The van der Waals surface area contributed by atoms with Crippen LogP contribution in [0.4, 0.5) is 11.5 Å². The topological polar surface area (TPSA) is 86.5 Å². The lowest BCUT2D eigenvalue weighted by Crippen LogP contribution is -2.12. The van der Waals surface area contributed by atoms with Gasteiger partial charge < -0.3 is 14.8 Å². The van der Waals surface area contributed by atoms with Crippen molar-refractivity contribution in [2.24, 2.45) is 0 Å². The molecule has 0 aliphatic carbocycles. The Kier molecular flexibility index (Phi) is 6.03. The van der Waals surface area contributed by atoms with Crippen molar-refractivity contribution < 1.29 is 14.4 Å². The molecule has 0 radical (unpaired) electrons. The third-order valence-corrected chi connectivity index (χ3v) is 2.26. The Bertz CT molecular complexity index is 398. The van der Waals surface area contributed by atoms with Crippen molar-refractivity contribution in [3.8, 4) is 0 Å². The number of nitro groups is 1. The van der Waals surface area contributed by atoms with Crippen molar-refractivity contribution in [1.82, 2.24) is 4.98 Å². The molecule has 1 N–H and O–H groups in total. The van der Waals surface area contributed by atoms with Crippen molar-refractivity contribution in [3.05, 3.63) is 27.9 Å². The van der Waals surface area contributed by atoms with Crippen molar-refractivity contribution >= 4 is 11.5 Å². The van der Waals surface area contributed by atoms with Gasteiger partial charge >= 0.3 is 0 Å². The van der Waals surface area contributed by atoms with Crippen LogP contribution >= 0.6 is 0 Å². The molecule has 100 valence electrons. The van der Waals surface area contributed by atoms with E-state index in [0.717, 1.165) is 0 Å². The van der Waals surface area contributed by atoms with Crippen molar-refractivity contribution in [2.45, 2.75) is 6.92 Å². The van der Waals surface area contributed by atoms with E-state index in [4.69, 9.17) is 9.47 Å². The number of pyridine rings is 1. The number of rotatable bonds is 8. The third-order valence-electron chi connectivity index (χ3n) is 2.26. The Morgan fingerprint density at radius 1 is 1.44 bits per heavy atom. The van der Waals surface area contributed by atoms with Crippen LogP contribution < -0.4 is 5.32 Å². The highest BCUT2D eigenvalue weighted by Crippen LogP contribution is 2.18. The van der Waals surface area contributed by atoms with Gasteiger partial charge in [0.05, 0.1) is 24.7 Å². The zero-order valence-corrected chi connectivity index (χ0v) is 10.5. The molecule has 0 saturated carbocycles. The van der Waals surface area contributed by atoms with Crippen LogP contribution in [-0.2, 0) is 9.47 Å². The molecule has 18 heavy (non-hydrogen) atoms. The van der Waals surface area contributed by atoms with Gasteiger partial charge in [-0.05, 0) is 13.0 Å². The lowest BCUT2D eigenvalue weighted by Gasteiger charge is -2.07. The van der Waals surface area contributed by atoms with Crippen LogP contribution in [0.25, 0.3) is 0 Å². The van der Waals surface area contributed by atoms with E-state index < -0.39 is 4.92 Å². The minimum absolute atomic E-state index is 0.0249. The highest BCUT2D eigenvalue weighted by atomic mass is 16.6. The maximum atomic E-state index is 10.6. The molecule has 1 rings (SSSR count). The van der Waals surface area contributed by atoms with Gasteiger partial charge in [-0.2, -0.15) is 0 Å². The Hall–Kier alpha value is -1.73. The molecule has 0 fully saturated rings. The fraction of sp³-hybridized carbons (Fsp3) is 0.545. The number of aromatic nitrogens is 1. The highest BCUT2D eigenvalue weighted by molar-refractivity contribution is 5.46. The molecule has 7 nitrogen and oxygen atoms in total. The minimum Gasteiger partial charge on any atom is -0.382 e. The molecule has 1 aromatic heterocycles. The summed E-state index contributed by atoms with van der Waals surface area (Å²) in [6.07, 6.45) is 1.25. The second-order valence-electron chi connectivity index (χ2n) is 3.65. The number of hydrogen-bond donors (Lipinski definition) is 1. The first-order valence-corrected chi connectivity index (χ1v) is 5.56. The summed E-state index contributed by atoms with van der Waals surface area (Å²) in [6.45, 7) is 3.91. The second kappa shape index (κ2) is 7.57. The summed E-state index contributed by atoms with van der Waals surface area (Å²) in [4.78, 5) is 14.1. The maximum Gasteiger partial charge on any atom is 0.290 e. The van der Waals surface area contributed by atoms with Crippen LogP contribution in [0.1, 0.15) is 5.56 Å². The zero-order valence-electron chi connectivity index (χ0n) is 10.5. The Morgan fingerprint density at radius 2 is 2.22 bits per heavy atom. The van der Waals surface area contributed by atoms with E-state index in [0.29, 0.717) is 37.7 Å². The van der Waals surface area contributed by atoms with E-state index in [-0.39, 0.29) is 5.69 Å². The van der Waals surface area contributed by atoms with Gasteiger partial charge in [-0.15, -0.1) is 0 Å². The molecule has 0 aromatic carbocycles. The number of nitrogens with zero attached hydrogens (tertiary/aromatic N) is 2. The Morgan fingerprint density at radius 3 is 2.83 bits per heavy atom. The number of nitrogens with one attached hydrogen (secondary N) is 1. The number of aryl methyl sites for hydroxylation is 1. The summed E-state index contributed by atoms with van der Waals surface area (Å²) in [7, 11) is 1.62. The number of anilines is 1. The van der Waals surface area contributed by atoms with Gasteiger partial charge in [0.15, 0.2) is 0 Å². The normalized spacial score (nSPS) is 10.3. The van der Waals surface area contributed by atoms with Gasteiger partial charge in [-0.3, -0.25) is 10.1 Å². The molecule has 0 saturated heterocycles. The van der Waals surface area contributed by atoms with E-state index in [2.05, 4.69) is 10.3 Å². The molecule has 0 aliphatic heterocycles. The van der Waals surface area contributed by atoms with E-state index in [1.54, 1.807) is 20.1 Å². The summed E-state index contributed by atoms with van der Waals surface area (Å²) in [5, 5.41) is 13.6. The van der Waals surface area contributed by atoms with Crippen molar-refractivity contribution in [3.63, 3.8) is 0 Å². The SMILES string of the molecule is COCCOCCNc1cc(C)c([N+](=O)[O-])cn1. The van der Waals surface area contributed by atoms with Crippen LogP contribution in [0, 0.1) is 17.0 Å². The Balaban J connectivity index is 2.35. The molecule has 0 bridgehead atoms. The standard InChI is InChI=1S/C11H17N3O4/c1-9-7-11(13-8-10(9)14(15)16)12-3-4-18-6-5-17-2/h7-8H,3-6H2,1-2H3,(H,12,13). The third kappa shape index (κ3) is 4.64. The molecule has 0 spiro atoms. The van der Waals surface area contributed by atoms with Gasteiger partial charge in [-0.1, -0.05) is 0 Å². The molecular weight excluding hydrogens is 238 g/mol. The molecule has 1 heterocycles. The first-order valence-electron chi connectivity index (χ1n) is 5.56. The molecule has 0 unspecified atom stereocenters. The summed E-state index contributed by atoms with van der Waals surface area (Å²) < 4.78 is 10.1. The van der Waals surface area contributed by atoms with Gasteiger partial charge in [0.1, 0.15) is 12.0 Å². The quantitative estimate of drug-likeness (QED) is 0.429. The number of hydrogen-bond acceptors (Lipinski definition) is 6. The summed E-state index contributed by atoms with van der Waals surface area (Å²) in [5.74, 6) is 0.605. The fourth-order valence-corrected chi connectivity index (χ4v) is 1.33. The lowest BCUT2D eigenvalue weighted by atomic mass is 10.2. The van der Waals surface area contributed by atoms with Crippen molar-refractivity contribution in [2.75, 3.05) is 38.8 Å². The number of methoxy groups -OCH3 is 1. The van der Waals surface area contributed by atoms with E-state index in [1.165, 1.54) is 6.20 Å². The van der Waals surface area contributed by atoms with E-state index in [9.17, 15) is 10.1 Å². The predicted molar refractivity (Wildman–Crippen MR) is 66.8 cm³/mol. The van der Waals surface area contributed by atoms with Gasteiger partial charge in [0.2, 0.25) is 0 Å². The number of ether oxygens (including phenoxy) is 2. The van der Waals surface area contributed by atoms with Crippen LogP contribution in [0.5, 0.6) is 0 Å². The van der Waals surface area contributed by atoms with E-state index >= 15 is 0 Å². The molecule has 0 atom stereocenters. The van der Waals surface area contributed by atoms with Gasteiger partial charge in [0, 0.05) is 19.2 Å². The monoisotopic (exact) mass is 255 g/mol.